The van der Waals surface area contributed by atoms with Crippen molar-refractivity contribution in [1.82, 2.24) is 25.5 Å². The van der Waals surface area contributed by atoms with Gasteiger partial charge >= 0.3 is 0 Å². The van der Waals surface area contributed by atoms with E-state index in [-0.39, 0.29) is 11.9 Å². The van der Waals surface area contributed by atoms with Gasteiger partial charge in [0.1, 0.15) is 0 Å². The van der Waals surface area contributed by atoms with E-state index in [1.54, 1.807) is 4.68 Å². The van der Waals surface area contributed by atoms with Crippen LogP contribution in [0.4, 0.5) is 0 Å². The van der Waals surface area contributed by atoms with Crippen LogP contribution >= 0.6 is 11.8 Å². The van der Waals surface area contributed by atoms with E-state index in [1.165, 1.54) is 18.2 Å². The van der Waals surface area contributed by atoms with Gasteiger partial charge in [-0.1, -0.05) is 56.7 Å². The normalized spacial score (nSPS) is 12.4. The van der Waals surface area contributed by atoms with Crippen molar-refractivity contribution < 1.29 is 4.79 Å². The van der Waals surface area contributed by atoms with Gasteiger partial charge in [0.05, 0.1) is 11.4 Å². The summed E-state index contributed by atoms with van der Waals surface area (Å²) in [5, 5.41) is 15.5. The van der Waals surface area contributed by atoms with Gasteiger partial charge in [-0.25, -0.2) is 0 Å². The van der Waals surface area contributed by atoms with E-state index in [2.05, 4.69) is 41.6 Å². The number of benzene rings is 1. The highest BCUT2D eigenvalue weighted by molar-refractivity contribution is 7.99. The van der Waals surface area contributed by atoms with E-state index in [0.717, 1.165) is 24.1 Å². The molecule has 1 N–H and O–H groups in total. The molecule has 0 radical (unpaired) electrons. The van der Waals surface area contributed by atoms with Crippen molar-refractivity contribution in [3.63, 3.8) is 0 Å². The Kier molecular flexibility index (Phi) is 7.43. The van der Waals surface area contributed by atoms with Crippen molar-refractivity contribution in [1.29, 1.82) is 0 Å². The minimum Gasteiger partial charge on any atom is -0.353 e. The molecule has 1 heterocycles. The topological polar surface area (TPSA) is 72.7 Å². The highest BCUT2D eigenvalue weighted by Crippen LogP contribution is 2.20. The molecule has 0 unspecified atom stereocenters. The van der Waals surface area contributed by atoms with Gasteiger partial charge in [-0.05, 0) is 48.2 Å². The van der Waals surface area contributed by atoms with Crippen LogP contribution in [-0.4, -0.2) is 37.9 Å². The number of carbonyl (C=O) groups is 1. The monoisotopic (exact) mass is 361 g/mol. The van der Waals surface area contributed by atoms with Crippen molar-refractivity contribution in [3.8, 4) is 5.69 Å². The minimum atomic E-state index is 0.0152. The lowest BCUT2D eigenvalue weighted by Gasteiger charge is -2.14. The van der Waals surface area contributed by atoms with Crippen molar-refractivity contribution >= 4 is 17.7 Å². The average Bonchev–Trinajstić information content (AvgIpc) is 3.01. The molecule has 136 valence electrons. The van der Waals surface area contributed by atoms with Gasteiger partial charge in [-0.15, -0.1) is 5.10 Å². The zero-order valence-electron chi connectivity index (χ0n) is 15.4. The predicted octanol–water partition coefficient (Wildman–Crippen LogP) is 3.39. The Morgan fingerprint density at radius 1 is 1.24 bits per heavy atom. The summed E-state index contributed by atoms with van der Waals surface area (Å²) in [5.74, 6) is 1.03. The van der Waals surface area contributed by atoms with E-state index >= 15 is 0 Å². The fourth-order valence-electron chi connectivity index (χ4n) is 2.57. The molecule has 0 fully saturated rings. The predicted molar refractivity (Wildman–Crippen MR) is 101 cm³/mol. The maximum atomic E-state index is 12.2. The van der Waals surface area contributed by atoms with Crippen LogP contribution in [0.2, 0.25) is 0 Å². The van der Waals surface area contributed by atoms with Crippen LogP contribution in [-0.2, 0) is 4.79 Å². The van der Waals surface area contributed by atoms with Crippen LogP contribution < -0.4 is 5.32 Å². The number of tetrazole rings is 1. The van der Waals surface area contributed by atoms with Crippen molar-refractivity contribution in [2.45, 2.75) is 58.2 Å². The summed E-state index contributed by atoms with van der Waals surface area (Å²) in [6, 6.07) is 8.09. The van der Waals surface area contributed by atoms with E-state index in [4.69, 9.17) is 0 Å². The quantitative estimate of drug-likeness (QED) is 0.693. The van der Waals surface area contributed by atoms with Gasteiger partial charge in [0, 0.05) is 6.04 Å². The third kappa shape index (κ3) is 6.16. The number of rotatable bonds is 9. The van der Waals surface area contributed by atoms with Crippen LogP contribution in [0.25, 0.3) is 5.69 Å². The van der Waals surface area contributed by atoms with E-state index in [9.17, 15) is 4.79 Å². The number of nitrogens with one attached hydrogen (secondary N) is 1. The molecular formula is C18H27N5OS. The Morgan fingerprint density at radius 2 is 2.00 bits per heavy atom. The first-order chi connectivity index (χ1) is 12.0. The number of para-hydroxylation sites is 1. The number of hydrogen-bond acceptors (Lipinski definition) is 5. The van der Waals surface area contributed by atoms with Gasteiger partial charge in [-0.2, -0.15) is 4.68 Å². The van der Waals surface area contributed by atoms with Crippen LogP contribution in [0, 0.1) is 12.8 Å². The molecule has 0 spiro atoms. The summed E-state index contributed by atoms with van der Waals surface area (Å²) in [6.07, 6.45) is 3.34. The summed E-state index contributed by atoms with van der Waals surface area (Å²) in [7, 11) is 0. The van der Waals surface area contributed by atoms with Crippen LogP contribution in [0.15, 0.2) is 29.4 Å². The second-order valence-corrected chi connectivity index (χ2v) is 7.68. The average molecular weight is 362 g/mol. The molecule has 0 aliphatic heterocycles. The van der Waals surface area contributed by atoms with Gasteiger partial charge in [0.2, 0.25) is 11.1 Å². The SMILES string of the molecule is Cc1ccccc1-n1nnnc1SCC(=O)N[C@@H](C)CCCC(C)C. The Hall–Kier alpha value is -1.89. The first-order valence-electron chi connectivity index (χ1n) is 8.74. The molecule has 2 rings (SSSR count). The number of hydrogen-bond donors (Lipinski definition) is 1. The summed E-state index contributed by atoms with van der Waals surface area (Å²) < 4.78 is 1.68. The lowest BCUT2D eigenvalue weighted by Crippen LogP contribution is -2.33. The largest absolute Gasteiger partial charge is 0.353 e. The molecule has 0 aliphatic carbocycles. The van der Waals surface area contributed by atoms with Crippen LogP contribution in [0.1, 0.15) is 45.6 Å². The fourth-order valence-corrected chi connectivity index (χ4v) is 3.27. The molecule has 7 heteroatoms. The maximum absolute atomic E-state index is 12.2. The number of carbonyl (C=O) groups excluding carboxylic acids is 1. The molecule has 0 aliphatic rings. The summed E-state index contributed by atoms with van der Waals surface area (Å²) in [6.45, 7) is 8.51. The Labute approximate surface area is 153 Å². The first kappa shape index (κ1) is 19.4. The zero-order chi connectivity index (χ0) is 18.2. The van der Waals surface area contributed by atoms with Gasteiger partial charge < -0.3 is 5.32 Å². The Morgan fingerprint density at radius 3 is 2.72 bits per heavy atom. The molecular weight excluding hydrogens is 334 g/mol. The highest BCUT2D eigenvalue weighted by Gasteiger charge is 2.14. The van der Waals surface area contributed by atoms with Gasteiger partial charge in [0.25, 0.3) is 0 Å². The lowest BCUT2D eigenvalue weighted by molar-refractivity contribution is -0.119. The number of amides is 1. The number of aryl methyl sites for hydroxylation is 1. The van der Waals surface area contributed by atoms with E-state index < -0.39 is 0 Å². The van der Waals surface area contributed by atoms with Crippen molar-refractivity contribution in [2.24, 2.45) is 5.92 Å². The Bertz CT molecular complexity index is 686. The zero-order valence-corrected chi connectivity index (χ0v) is 16.2. The maximum Gasteiger partial charge on any atom is 0.230 e. The minimum absolute atomic E-state index is 0.0152. The molecule has 25 heavy (non-hydrogen) atoms. The molecule has 2 aromatic rings. The smallest absolute Gasteiger partial charge is 0.230 e. The lowest BCUT2D eigenvalue weighted by atomic mass is 10.0. The molecule has 1 amide bonds. The fraction of sp³-hybridized carbons (Fsp3) is 0.556. The van der Waals surface area contributed by atoms with Crippen LogP contribution in [0.5, 0.6) is 0 Å². The first-order valence-corrected chi connectivity index (χ1v) is 9.72. The third-order valence-electron chi connectivity index (χ3n) is 3.94. The van der Waals surface area contributed by atoms with Gasteiger partial charge in [0.15, 0.2) is 0 Å². The molecule has 1 aromatic heterocycles. The van der Waals surface area contributed by atoms with E-state index in [0.29, 0.717) is 16.8 Å². The van der Waals surface area contributed by atoms with Gasteiger partial charge in [-0.3, -0.25) is 4.79 Å². The van der Waals surface area contributed by atoms with Crippen molar-refractivity contribution in [3.05, 3.63) is 29.8 Å². The van der Waals surface area contributed by atoms with E-state index in [1.807, 2.05) is 31.2 Å². The standard InChI is InChI=1S/C18H27N5OS/c1-13(2)8-7-10-15(4)19-17(24)12-25-18-20-21-22-23(18)16-11-6-5-9-14(16)3/h5-6,9,11,13,15H,7-8,10,12H2,1-4H3,(H,19,24)/t15-/m0/s1. The molecule has 1 atom stereocenters. The molecule has 0 bridgehead atoms. The summed E-state index contributed by atoms with van der Waals surface area (Å²) in [5.41, 5.74) is 2.01. The van der Waals surface area contributed by atoms with Crippen LogP contribution in [0.3, 0.4) is 0 Å². The Balaban J connectivity index is 1.85. The molecule has 0 saturated heterocycles. The third-order valence-corrected chi connectivity index (χ3v) is 4.86. The number of thioether (sulfide) groups is 1. The summed E-state index contributed by atoms with van der Waals surface area (Å²) >= 11 is 1.35. The number of nitrogens with zero attached hydrogens (tertiary/aromatic N) is 4. The second-order valence-electron chi connectivity index (χ2n) is 6.74. The molecule has 6 nitrogen and oxygen atoms in total. The highest BCUT2D eigenvalue weighted by atomic mass is 32.2. The number of aromatic nitrogens is 4. The van der Waals surface area contributed by atoms with Crippen molar-refractivity contribution in [2.75, 3.05) is 5.75 Å². The second kappa shape index (κ2) is 9.56. The molecule has 1 aromatic carbocycles. The summed E-state index contributed by atoms with van der Waals surface area (Å²) in [4.78, 5) is 12.2. The molecule has 0 saturated carbocycles.